The molecule has 2 aromatic carbocycles. The van der Waals surface area contributed by atoms with Gasteiger partial charge in [-0.3, -0.25) is 0 Å². The standard InChI is InChI=1S/C18H15Cl2NO2.ClH/c1-10-13-9-18(23-3)17(22-2)8-12(13)7-16(21-10)11-4-5-14(19)15(20)6-11;/h4-9H,1-3H3;1H. The molecule has 0 spiro atoms. The van der Waals surface area contributed by atoms with Crippen LogP contribution in [-0.4, -0.2) is 14.2 Å². The number of aromatic amines is 1. The normalized spacial score (nSPS) is 10.4. The summed E-state index contributed by atoms with van der Waals surface area (Å²) in [5.41, 5.74) is 2.96. The number of ether oxygens (including phenoxy) is 2. The predicted molar refractivity (Wildman–Crippen MR) is 93.8 cm³/mol. The van der Waals surface area contributed by atoms with E-state index in [1.165, 1.54) is 0 Å². The third-order valence-electron chi connectivity index (χ3n) is 3.81. The smallest absolute Gasteiger partial charge is 0.211 e. The Kier molecular flexibility index (Phi) is 5.81. The van der Waals surface area contributed by atoms with Gasteiger partial charge >= 0.3 is 0 Å². The number of hydrogen-bond donors (Lipinski definition) is 0. The molecule has 0 unspecified atom stereocenters. The van der Waals surface area contributed by atoms with Crippen molar-refractivity contribution in [2.45, 2.75) is 6.92 Å². The van der Waals surface area contributed by atoms with Crippen molar-refractivity contribution in [1.29, 1.82) is 0 Å². The highest BCUT2D eigenvalue weighted by molar-refractivity contribution is 6.42. The summed E-state index contributed by atoms with van der Waals surface area (Å²) in [6.07, 6.45) is 0. The van der Waals surface area contributed by atoms with Crippen LogP contribution in [0.5, 0.6) is 11.5 Å². The van der Waals surface area contributed by atoms with Crippen molar-refractivity contribution in [1.82, 2.24) is 0 Å². The van der Waals surface area contributed by atoms with Crippen LogP contribution in [-0.2, 0) is 0 Å². The van der Waals surface area contributed by atoms with E-state index >= 15 is 0 Å². The van der Waals surface area contributed by atoms with Gasteiger partial charge in [0.2, 0.25) is 5.69 Å². The lowest BCUT2D eigenvalue weighted by molar-refractivity contribution is -0.372. The van der Waals surface area contributed by atoms with Gasteiger partial charge in [0, 0.05) is 18.6 Å². The molecule has 0 aliphatic rings. The lowest BCUT2D eigenvalue weighted by Crippen LogP contribution is -3.00. The molecule has 0 amide bonds. The molecule has 0 fully saturated rings. The molecule has 0 atom stereocenters. The fraction of sp³-hybridized carbons (Fsp3) is 0.167. The zero-order valence-electron chi connectivity index (χ0n) is 13.4. The average Bonchev–Trinajstić information content (AvgIpc) is 2.56. The summed E-state index contributed by atoms with van der Waals surface area (Å²) in [5, 5.41) is 3.20. The molecule has 1 heterocycles. The van der Waals surface area contributed by atoms with Gasteiger partial charge in [0.25, 0.3) is 0 Å². The molecule has 0 saturated heterocycles. The van der Waals surface area contributed by atoms with Crippen molar-refractivity contribution in [3.05, 3.63) is 52.1 Å². The van der Waals surface area contributed by atoms with Crippen LogP contribution in [0, 0.1) is 6.92 Å². The number of fused-ring (bicyclic) bond motifs is 1. The zero-order valence-corrected chi connectivity index (χ0v) is 15.7. The number of halogens is 3. The summed E-state index contributed by atoms with van der Waals surface area (Å²) < 4.78 is 10.8. The minimum atomic E-state index is 0. The van der Waals surface area contributed by atoms with E-state index in [1.807, 2.05) is 31.2 Å². The van der Waals surface area contributed by atoms with Crippen molar-refractivity contribution in [3.8, 4) is 22.8 Å². The largest absolute Gasteiger partial charge is 1.00 e. The number of rotatable bonds is 3. The highest BCUT2D eigenvalue weighted by atomic mass is 35.5. The molecule has 0 bridgehead atoms. The Labute approximate surface area is 156 Å². The van der Waals surface area contributed by atoms with Crippen LogP contribution >= 0.6 is 23.2 Å². The molecule has 3 rings (SSSR count). The Morgan fingerprint density at radius 1 is 0.875 bits per heavy atom. The van der Waals surface area contributed by atoms with Crippen LogP contribution in [0.2, 0.25) is 10.0 Å². The van der Waals surface area contributed by atoms with Gasteiger partial charge < -0.3 is 21.9 Å². The molecule has 0 aliphatic carbocycles. The number of hydrogen-bond acceptors (Lipinski definition) is 2. The van der Waals surface area contributed by atoms with Gasteiger partial charge in [-0.15, -0.1) is 0 Å². The van der Waals surface area contributed by atoms with Gasteiger partial charge in [0.05, 0.1) is 29.7 Å². The monoisotopic (exact) mass is 383 g/mol. The number of methoxy groups -OCH3 is 2. The number of nitrogens with one attached hydrogen (secondary N) is 1. The SMILES string of the molecule is COc1cc2cc(-c3ccc(Cl)c(Cl)c3)[nH+]c(C)c2cc1OC.[Cl-]. The lowest BCUT2D eigenvalue weighted by atomic mass is 10.0. The van der Waals surface area contributed by atoms with E-state index in [2.05, 4.69) is 11.1 Å². The lowest BCUT2D eigenvalue weighted by Gasteiger charge is -2.09. The molecular formula is C18H16Cl3NO2. The molecule has 1 N–H and O–H groups in total. The van der Waals surface area contributed by atoms with Crippen molar-refractivity contribution >= 4 is 34.0 Å². The predicted octanol–water partition coefficient (Wildman–Crippen LogP) is 1.96. The number of H-pyrrole nitrogens is 1. The second-order valence-corrected chi connectivity index (χ2v) is 6.05. The first-order valence-corrected chi connectivity index (χ1v) is 7.83. The molecule has 126 valence electrons. The second kappa shape index (κ2) is 7.47. The Hall–Kier alpha value is -1.68. The van der Waals surface area contributed by atoms with E-state index in [0.717, 1.165) is 27.7 Å². The minimum absolute atomic E-state index is 0. The van der Waals surface area contributed by atoms with Crippen molar-refractivity contribution in [3.63, 3.8) is 0 Å². The first kappa shape index (κ1) is 18.7. The average molecular weight is 385 g/mol. The van der Waals surface area contributed by atoms with Crippen LogP contribution in [0.25, 0.3) is 22.0 Å². The second-order valence-electron chi connectivity index (χ2n) is 5.23. The summed E-state index contributed by atoms with van der Waals surface area (Å²) in [6, 6.07) is 11.6. The molecule has 3 aromatic rings. The molecule has 0 aliphatic heterocycles. The molecule has 6 heteroatoms. The Morgan fingerprint density at radius 2 is 1.54 bits per heavy atom. The molecular weight excluding hydrogens is 369 g/mol. The molecule has 3 nitrogen and oxygen atoms in total. The van der Waals surface area contributed by atoms with Gasteiger partial charge in [-0.2, -0.15) is 0 Å². The summed E-state index contributed by atoms with van der Waals surface area (Å²) >= 11 is 12.1. The van der Waals surface area contributed by atoms with E-state index in [4.69, 9.17) is 32.7 Å². The first-order chi connectivity index (χ1) is 11.0. The molecule has 0 radical (unpaired) electrons. The Balaban J connectivity index is 0.00000208. The first-order valence-electron chi connectivity index (χ1n) is 7.07. The zero-order chi connectivity index (χ0) is 16.6. The highest BCUT2D eigenvalue weighted by Crippen LogP contribution is 2.34. The minimum Gasteiger partial charge on any atom is -1.00 e. The van der Waals surface area contributed by atoms with E-state index in [-0.39, 0.29) is 12.4 Å². The number of aromatic nitrogens is 1. The van der Waals surface area contributed by atoms with Crippen LogP contribution < -0.4 is 26.9 Å². The Morgan fingerprint density at radius 3 is 2.17 bits per heavy atom. The molecule has 0 saturated carbocycles. The highest BCUT2D eigenvalue weighted by Gasteiger charge is 2.15. The summed E-state index contributed by atoms with van der Waals surface area (Å²) in [6.45, 7) is 2.02. The van der Waals surface area contributed by atoms with Gasteiger partial charge in [-0.1, -0.05) is 23.2 Å². The van der Waals surface area contributed by atoms with Crippen LogP contribution in [0.15, 0.2) is 36.4 Å². The van der Waals surface area contributed by atoms with E-state index < -0.39 is 0 Å². The van der Waals surface area contributed by atoms with Crippen LogP contribution in [0.1, 0.15) is 5.69 Å². The summed E-state index contributed by atoms with van der Waals surface area (Å²) in [7, 11) is 3.26. The maximum atomic E-state index is 6.13. The van der Waals surface area contributed by atoms with Gasteiger partial charge in [-0.05, 0) is 35.7 Å². The Bertz CT molecular complexity index is 897. The fourth-order valence-corrected chi connectivity index (χ4v) is 2.92. The van der Waals surface area contributed by atoms with Crippen molar-refractivity contribution < 1.29 is 26.9 Å². The van der Waals surface area contributed by atoms with Gasteiger partial charge in [-0.25, -0.2) is 4.98 Å². The van der Waals surface area contributed by atoms with E-state index in [0.29, 0.717) is 21.5 Å². The third-order valence-corrected chi connectivity index (χ3v) is 4.55. The number of benzene rings is 2. The maximum Gasteiger partial charge on any atom is 0.211 e. The summed E-state index contributed by atoms with van der Waals surface area (Å²) in [5.74, 6) is 1.41. The topological polar surface area (TPSA) is 32.6 Å². The maximum absolute atomic E-state index is 6.13. The number of pyridine rings is 1. The quantitative estimate of drug-likeness (QED) is 0.691. The van der Waals surface area contributed by atoms with Crippen molar-refractivity contribution in [2.75, 3.05) is 14.2 Å². The van der Waals surface area contributed by atoms with Crippen LogP contribution in [0.3, 0.4) is 0 Å². The number of aryl methyl sites for hydroxylation is 1. The van der Waals surface area contributed by atoms with E-state index in [9.17, 15) is 0 Å². The van der Waals surface area contributed by atoms with E-state index in [1.54, 1.807) is 20.3 Å². The van der Waals surface area contributed by atoms with Crippen LogP contribution in [0.4, 0.5) is 0 Å². The molecule has 1 aromatic heterocycles. The summed E-state index contributed by atoms with van der Waals surface area (Å²) in [4.78, 5) is 3.40. The van der Waals surface area contributed by atoms with Gasteiger partial charge in [0.1, 0.15) is 0 Å². The third kappa shape index (κ3) is 3.39. The fourth-order valence-electron chi connectivity index (χ4n) is 2.62. The van der Waals surface area contributed by atoms with Crippen molar-refractivity contribution in [2.24, 2.45) is 0 Å². The van der Waals surface area contributed by atoms with Gasteiger partial charge in [0.15, 0.2) is 17.2 Å². The molecule has 24 heavy (non-hydrogen) atoms.